The number of hydrogen-bond acceptors (Lipinski definition) is 4. The summed E-state index contributed by atoms with van der Waals surface area (Å²) in [6, 6.07) is 3.58. The van der Waals surface area contributed by atoms with Gasteiger partial charge in [0.2, 0.25) is 0 Å². The first-order valence-electron chi connectivity index (χ1n) is 4.35. The lowest BCUT2D eigenvalue weighted by atomic mass is 10.2. The molecule has 2 aromatic heterocycles. The van der Waals surface area contributed by atoms with Crippen LogP contribution in [0, 0.1) is 0 Å². The summed E-state index contributed by atoms with van der Waals surface area (Å²) in [5, 5.41) is 6.86. The molecule has 5 heteroatoms. The van der Waals surface area contributed by atoms with E-state index >= 15 is 0 Å². The number of pyridine rings is 1. The van der Waals surface area contributed by atoms with Crippen molar-refractivity contribution in [1.29, 1.82) is 0 Å². The van der Waals surface area contributed by atoms with Gasteiger partial charge in [-0.05, 0) is 19.1 Å². The Morgan fingerprint density at radius 2 is 2.07 bits per heavy atom. The molecule has 5 nitrogen and oxygen atoms in total. The van der Waals surface area contributed by atoms with Crippen LogP contribution in [0.25, 0.3) is 11.4 Å². The molecule has 0 amide bonds. The third-order valence-electron chi connectivity index (χ3n) is 1.87. The average molecular weight is 189 g/mol. The minimum atomic E-state index is -0.127. The smallest absolute Gasteiger partial charge is 0.181 e. The van der Waals surface area contributed by atoms with Crippen LogP contribution in [0.2, 0.25) is 0 Å². The van der Waals surface area contributed by atoms with Gasteiger partial charge in [-0.15, -0.1) is 0 Å². The summed E-state index contributed by atoms with van der Waals surface area (Å²) in [6.07, 6.45) is 3.41. The fourth-order valence-electron chi connectivity index (χ4n) is 1.11. The zero-order valence-corrected chi connectivity index (χ0v) is 7.81. The molecule has 14 heavy (non-hydrogen) atoms. The van der Waals surface area contributed by atoms with Crippen molar-refractivity contribution >= 4 is 0 Å². The highest BCUT2D eigenvalue weighted by Crippen LogP contribution is 2.14. The van der Waals surface area contributed by atoms with E-state index in [-0.39, 0.29) is 6.04 Å². The number of nitrogens with zero attached hydrogens (tertiary/aromatic N) is 3. The summed E-state index contributed by atoms with van der Waals surface area (Å²) >= 11 is 0. The SMILES string of the molecule is CC(N)c1nc(-c2ccncc2)n[nH]1. The molecule has 3 N–H and O–H groups in total. The van der Waals surface area contributed by atoms with Gasteiger partial charge in [0.15, 0.2) is 5.82 Å². The first-order chi connectivity index (χ1) is 6.77. The molecule has 0 aliphatic rings. The summed E-state index contributed by atoms with van der Waals surface area (Å²) in [5.74, 6) is 1.34. The fraction of sp³-hybridized carbons (Fsp3) is 0.222. The van der Waals surface area contributed by atoms with Crippen LogP contribution in [0.1, 0.15) is 18.8 Å². The van der Waals surface area contributed by atoms with Crippen molar-refractivity contribution < 1.29 is 0 Å². The molecule has 1 unspecified atom stereocenters. The second kappa shape index (κ2) is 3.55. The van der Waals surface area contributed by atoms with Gasteiger partial charge in [-0.2, -0.15) is 5.10 Å². The van der Waals surface area contributed by atoms with Crippen LogP contribution in [-0.4, -0.2) is 20.2 Å². The minimum absolute atomic E-state index is 0.127. The normalized spacial score (nSPS) is 12.7. The van der Waals surface area contributed by atoms with Crippen LogP contribution in [-0.2, 0) is 0 Å². The van der Waals surface area contributed by atoms with Crippen molar-refractivity contribution in [3.63, 3.8) is 0 Å². The van der Waals surface area contributed by atoms with Gasteiger partial charge in [0.05, 0.1) is 6.04 Å². The second-order valence-electron chi connectivity index (χ2n) is 3.07. The van der Waals surface area contributed by atoms with E-state index in [1.54, 1.807) is 12.4 Å². The van der Waals surface area contributed by atoms with Crippen molar-refractivity contribution in [2.24, 2.45) is 5.73 Å². The summed E-state index contributed by atoms with van der Waals surface area (Å²) < 4.78 is 0. The molecule has 2 heterocycles. The van der Waals surface area contributed by atoms with E-state index in [1.807, 2.05) is 19.1 Å². The molecule has 0 aliphatic heterocycles. The summed E-state index contributed by atoms with van der Waals surface area (Å²) in [4.78, 5) is 8.18. The van der Waals surface area contributed by atoms with Crippen LogP contribution < -0.4 is 5.73 Å². The lowest BCUT2D eigenvalue weighted by molar-refractivity contribution is 0.745. The van der Waals surface area contributed by atoms with E-state index in [0.29, 0.717) is 11.6 Å². The Morgan fingerprint density at radius 3 is 2.64 bits per heavy atom. The number of nitrogens with one attached hydrogen (secondary N) is 1. The van der Waals surface area contributed by atoms with Crippen LogP contribution in [0.5, 0.6) is 0 Å². The van der Waals surface area contributed by atoms with Gasteiger partial charge in [-0.25, -0.2) is 4.98 Å². The highest BCUT2D eigenvalue weighted by atomic mass is 15.2. The maximum Gasteiger partial charge on any atom is 0.181 e. The maximum atomic E-state index is 5.66. The Morgan fingerprint density at radius 1 is 1.36 bits per heavy atom. The molecular weight excluding hydrogens is 178 g/mol. The molecular formula is C9H11N5. The predicted molar refractivity (Wildman–Crippen MR) is 52.2 cm³/mol. The van der Waals surface area contributed by atoms with E-state index in [0.717, 1.165) is 5.56 Å². The van der Waals surface area contributed by atoms with E-state index in [9.17, 15) is 0 Å². The minimum Gasteiger partial charge on any atom is -0.322 e. The molecule has 0 aliphatic carbocycles. The summed E-state index contributed by atoms with van der Waals surface area (Å²) in [5.41, 5.74) is 6.59. The van der Waals surface area contributed by atoms with Gasteiger partial charge in [0.1, 0.15) is 5.82 Å². The van der Waals surface area contributed by atoms with Crippen LogP contribution in [0.3, 0.4) is 0 Å². The third kappa shape index (κ3) is 1.62. The van der Waals surface area contributed by atoms with Crippen molar-refractivity contribution in [2.75, 3.05) is 0 Å². The van der Waals surface area contributed by atoms with Gasteiger partial charge >= 0.3 is 0 Å². The molecule has 0 radical (unpaired) electrons. The average Bonchev–Trinajstić information content (AvgIpc) is 2.68. The molecule has 72 valence electrons. The van der Waals surface area contributed by atoms with Gasteiger partial charge in [-0.1, -0.05) is 0 Å². The third-order valence-corrected chi connectivity index (χ3v) is 1.87. The Kier molecular flexibility index (Phi) is 2.24. The van der Waals surface area contributed by atoms with Gasteiger partial charge < -0.3 is 5.73 Å². The van der Waals surface area contributed by atoms with Gasteiger partial charge in [-0.3, -0.25) is 10.1 Å². The number of rotatable bonds is 2. The molecule has 0 aromatic carbocycles. The number of aromatic nitrogens is 4. The molecule has 0 saturated carbocycles. The zero-order chi connectivity index (χ0) is 9.97. The first kappa shape index (κ1) is 8.83. The standard InChI is InChI=1S/C9H11N5/c1-6(10)8-12-9(14-13-8)7-2-4-11-5-3-7/h2-6H,10H2,1H3,(H,12,13,14). The molecule has 2 aromatic rings. The number of H-pyrrole nitrogens is 1. The Balaban J connectivity index is 2.34. The largest absolute Gasteiger partial charge is 0.322 e. The lowest BCUT2D eigenvalue weighted by Crippen LogP contribution is -2.06. The van der Waals surface area contributed by atoms with Crippen molar-refractivity contribution in [3.8, 4) is 11.4 Å². The summed E-state index contributed by atoms with van der Waals surface area (Å²) in [6.45, 7) is 1.86. The van der Waals surface area contributed by atoms with Crippen LogP contribution in [0.4, 0.5) is 0 Å². The van der Waals surface area contributed by atoms with Crippen LogP contribution in [0.15, 0.2) is 24.5 Å². The van der Waals surface area contributed by atoms with E-state index in [1.165, 1.54) is 0 Å². The van der Waals surface area contributed by atoms with Crippen molar-refractivity contribution in [1.82, 2.24) is 20.2 Å². The predicted octanol–water partition coefficient (Wildman–Crippen LogP) is 0.886. The molecule has 2 rings (SSSR count). The summed E-state index contributed by atoms with van der Waals surface area (Å²) in [7, 11) is 0. The second-order valence-corrected chi connectivity index (χ2v) is 3.07. The fourth-order valence-corrected chi connectivity index (χ4v) is 1.11. The number of nitrogens with two attached hydrogens (primary N) is 1. The molecule has 0 spiro atoms. The highest BCUT2D eigenvalue weighted by molar-refractivity contribution is 5.52. The maximum absolute atomic E-state index is 5.66. The molecule has 0 bridgehead atoms. The highest BCUT2D eigenvalue weighted by Gasteiger charge is 2.07. The van der Waals surface area contributed by atoms with Crippen molar-refractivity contribution in [3.05, 3.63) is 30.4 Å². The number of aromatic amines is 1. The molecule has 0 fully saturated rings. The number of hydrogen-bond donors (Lipinski definition) is 2. The van der Waals surface area contributed by atoms with Gasteiger partial charge in [0.25, 0.3) is 0 Å². The quantitative estimate of drug-likeness (QED) is 0.735. The Bertz CT molecular complexity index is 406. The van der Waals surface area contributed by atoms with E-state index < -0.39 is 0 Å². The van der Waals surface area contributed by atoms with Gasteiger partial charge in [0, 0.05) is 18.0 Å². The van der Waals surface area contributed by atoms with Crippen molar-refractivity contribution in [2.45, 2.75) is 13.0 Å². The Labute approximate surface area is 81.4 Å². The Hall–Kier alpha value is -1.75. The molecule has 1 atom stereocenters. The van der Waals surface area contributed by atoms with E-state index in [2.05, 4.69) is 20.2 Å². The van der Waals surface area contributed by atoms with Crippen LogP contribution >= 0.6 is 0 Å². The zero-order valence-electron chi connectivity index (χ0n) is 7.81. The first-order valence-corrected chi connectivity index (χ1v) is 4.35. The monoisotopic (exact) mass is 189 g/mol. The lowest BCUT2D eigenvalue weighted by Gasteiger charge is -1.96. The van der Waals surface area contributed by atoms with E-state index in [4.69, 9.17) is 5.73 Å². The topological polar surface area (TPSA) is 80.5 Å². The molecule has 0 saturated heterocycles.